The zero-order valence-corrected chi connectivity index (χ0v) is 11.1. The van der Waals surface area contributed by atoms with Gasteiger partial charge in [0.15, 0.2) is 0 Å². The summed E-state index contributed by atoms with van der Waals surface area (Å²) in [7, 11) is 0. The van der Waals surface area contributed by atoms with Gasteiger partial charge in [-0.3, -0.25) is 0 Å². The third-order valence-corrected chi connectivity index (χ3v) is 4.26. The molecule has 1 aliphatic heterocycles. The molecule has 1 aliphatic carbocycles. The summed E-state index contributed by atoms with van der Waals surface area (Å²) in [5, 5.41) is 10.8. The van der Waals surface area contributed by atoms with Gasteiger partial charge in [-0.25, -0.2) is 0 Å². The molecule has 1 heterocycles. The average molecular weight is 238 g/mol. The van der Waals surface area contributed by atoms with E-state index in [1.807, 2.05) is 0 Å². The van der Waals surface area contributed by atoms with Crippen LogP contribution in [0.4, 0.5) is 0 Å². The number of hydrogen-bond donors (Lipinski definition) is 1. The van der Waals surface area contributed by atoms with E-state index in [1.165, 1.54) is 19.3 Å². The van der Waals surface area contributed by atoms with Crippen LogP contribution in [0.5, 0.6) is 0 Å². The Hall–Kier alpha value is -0.500. The summed E-state index contributed by atoms with van der Waals surface area (Å²) >= 11 is 0. The van der Waals surface area contributed by atoms with E-state index in [2.05, 4.69) is 13.0 Å². The minimum atomic E-state index is -0.650. The molecule has 2 nitrogen and oxygen atoms in total. The van der Waals surface area contributed by atoms with Gasteiger partial charge in [0.25, 0.3) is 0 Å². The van der Waals surface area contributed by atoms with E-state index in [1.54, 1.807) is 0 Å². The van der Waals surface area contributed by atoms with Crippen LogP contribution in [0.3, 0.4) is 0 Å². The number of hydrogen-bond acceptors (Lipinski definition) is 2. The van der Waals surface area contributed by atoms with Crippen LogP contribution in [0.25, 0.3) is 0 Å². The second-order valence-corrected chi connectivity index (χ2v) is 5.68. The van der Waals surface area contributed by atoms with Crippen LogP contribution in [-0.4, -0.2) is 17.3 Å². The lowest BCUT2D eigenvalue weighted by Gasteiger charge is -2.31. The first kappa shape index (κ1) is 12.9. The van der Waals surface area contributed by atoms with E-state index in [4.69, 9.17) is 4.74 Å². The number of ether oxygens (including phenoxy) is 1. The van der Waals surface area contributed by atoms with Crippen LogP contribution < -0.4 is 0 Å². The van der Waals surface area contributed by atoms with Gasteiger partial charge in [0.2, 0.25) is 0 Å². The van der Waals surface area contributed by atoms with Crippen molar-refractivity contribution in [3.05, 3.63) is 11.8 Å². The monoisotopic (exact) mass is 238 g/mol. The van der Waals surface area contributed by atoms with Gasteiger partial charge in [-0.2, -0.15) is 0 Å². The third-order valence-electron chi connectivity index (χ3n) is 4.26. The average Bonchev–Trinajstić information content (AvgIpc) is 2.55. The summed E-state index contributed by atoms with van der Waals surface area (Å²) in [6.07, 6.45) is 12.2. The molecule has 2 unspecified atom stereocenters. The predicted octanol–water partition coefficient (Wildman–Crippen LogP) is 3.79. The van der Waals surface area contributed by atoms with E-state index in [9.17, 15) is 5.11 Å². The summed E-state index contributed by atoms with van der Waals surface area (Å²) in [4.78, 5) is 0. The van der Waals surface area contributed by atoms with Crippen molar-refractivity contribution in [2.75, 3.05) is 6.61 Å². The molecule has 0 radical (unpaired) electrons. The summed E-state index contributed by atoms with van der Waals surface area (Å²) in [6, 6.07) is 0. The Kier molecular flexibility index (Phi) is 4.49. The Bertz CT molecular complexity index is 272. The lowest BCUT2D eigenvalue weighted by atomic mass is 9.89. The highest BCUT2D eigenvalue weighted by Crippen LogP contribution is 2.38. The van der Waals surface area contributed by atoms with Crippen molar-refractivity contribution in [1.29, 1.82) is 0 Å². The van der Waals surface area contributed by atoms with Crippen LogP contribution >= 0.6 is 0 Å². The van der Waals surface area contributed by atoms with Gasteiger partial charge in [-0.1, -0.05) is 26.2 Å². The van der Waals surface area contributed by atoms with Gasteiger partial charge < -0.3 is 9.84 Å². The fourth-order valence-corrected chi connectivity index (χ4v) is 3.22. The van der Waals surface area contributed by atoms with Crippen LogP contribution in [0, 0.1) is 5.92 Å². The molecule has 1 N–H and O–H groups in total. The quantitative estimate of drug-likeness (QED) is 0.758. The smallest absolute Gasteiger partial charge is 0.124 e. The van der Waals surface area contributed by atoms with E-state index in [0.717, 1.165) is 56.8 Å². The van der Waals surface area contributed by atoms with E-state index in [-0.39, 0.29) is 0 Å². The van der Waals surface area contributed by atoms with Crippen molar-refractivity contribution >= 4 is 0 Å². The van der Waals surface area contributed by atoms with Crippen LogP contribution in [0.2, 0.25) is 0 Å². The summed E-state index contributed by atoms with van der Waals surface area (Å²) < 4.78 is 5.68. The van der Waals surface area contributed by atoms with Gasteiger partial charge in [-0.15, -0.1) is 0 Å². The Balaban J connectivity index is 1.98. The van der Waals surface area contributed by atoms with Crippen molar-refractivity contribution in [2.45, 2.75) is 70.3 Å². The molecule has 0 bridgehead atoms. The minimum absolute atomic E-state index is 0.650. The number of allylic oxidation sites excluding steroid dienone is 1. The van der Waals surface area contributed by atoms with Gasteiger partial charge in [-0.05, 0) is 50.5 Å². The molecule has 2 heteroatoms. The van der Waals surface area contributed by atoms with Gasteiger partial charge in [0.1, 0.15) is 11.4 Å². The van der Waals surface area contributed by atoms with Gasteiger partial charge in [0.05, 0.1) is 6.61 Å². The molecule has 17 heavy (non-hydrogen) atoms. The topological polar surface area (TPSA) is 29.5 Å². The first-order chi connectivity index (χ1) is 8.24. The molecule has 2 aliphatic rings. The van der Waals surface area contributed by atoms with Crippen molar-refractivity contribution in [3.8, 4) is 0 Å². The first-order valence-electron chi connectivity index (χ1n) is 7.30. The van der Waals surface area contributed by atoms with Crippen molar-refractivity contribution in [3.63, 3.8) is 0 Å². The van der Waals surface area contributed by atoms with Gasteiger partial charge in [0, 0.05) is 0 Å². The van der Waals surface area contributed by atoms with Crippen molar-refractivity contribution in [2.24, 2.45) is 5.92 Å². The Morgan fingerprint density at radius 3 is 2.94 bits per heavy atom. The number of rotatable bonds is 3. The molecule has 0 aromatic carbocycles. The Labute approximate surface area is 105 Å². The predicted molar refractivity (Wildman–Crippen MR) is 69.7 cm³/mol. The molecule has 0 aromatic rings. The molecule has 0 saturated heterocycles. The lowest BCUT2D eigenvalue weighted by Crippen LogP contribution is -2.33. The van der Waals surface area contributed by atoms with Crippen LogP contribution in [0.15, 0.2) is 11.8 Å². The van der Waals surface area contributed by atoms with Gasteiger partial charge >= 0.3 is 0 Å². The largest absolute Gasteiger partial charge is 0.495 e. The second-order valence-electron chi connectivity index (χ2n) is 5.68. The van der Waals surface area contributed by atoms with Crippen LogP contribution in [0.1, 0.15) is 64.7 Å². The minimum Gasteiger partial charge on any atom is -0.495 e. The second kappa shape index (κ2) is 5.90. The van der Waals surface area contributed by atoms with Crippen LogP contribution in [-0.2, 0) is 4.74 Å². The maximum Gasteiger partial charge on any atom is 0.124 e. The highest BCUT2D eigenvalue weighted by Gasteiger charge is 2.36. The molecule has 0 amide bonds. The zero-order chi connectivity index (χ0) is 12.1. The number of aliphatic hydroxyl groups is 1. The molecular weight excluding hydrogens is 212 g/mol. The normalized spacial score (nSPS) is 34.7. The lowest BCUT2D eigenvalue weighted by molar-refractivity contribution is -0.00763. The fourth-order valence-electron chi connectivity index (χ4n) is 3.22. The highest BCUT2D eigenvalue weighted by atomic mass is 16.5. The SMILES string of the molecule is CCCC1CCCC(O)(C2=CCCCO2)CC1. The zero-order valence-electron chi connectivity index (χ0n) is 11.1. The summed E-state index contributed by atoms with van der Waals surface area (Å²) in [5.41, 5.74) is -0.650. The van der Waals surface area contributed by atoms with E-state index < -0.39 is 5.60 Å². The Morgan fingerprint density at radius 2 is 2.24 bits per heavy atom. The maximum absolute atomic E-state index is 10.8. The molecule has 2 rings (SSSR count). The molecule has 1 fully saturated rings. The molecule has 0 aromatic heterocycles. The molecule has 0 spiro atoms. The molecular formula is C15H26O2. The molecule has 2 atom stereocenters. The molecule has 98 valence electrons. The Morgan fingerprint density at radius 1 is 1.35 bits per heavy atom. The fraction of sp³-hybridized carbons (Fsp3) is 0.867. The maximum atomic E-state index is 10.8. The first-order valence-corrected chi connectivity index (χ1v) is 7.30. The van der Waals surface area contributed by atoms with E-state index >= 15 is 0 Å². The summed E-state index contributed by atoms with van der Waals surface area (Å²) in [6.45, 7) is 3.04. The molecule has 1 saturated carbocycles. The van der Waals surface area contributed by atoms with E-state index in [0.29, 0.717) is 0 Å². The summed E-state index contributed by atoms with van der Waals surface area (Å²) in [5.74, 6) is 1.69. The standard InChI is InChI=1S/C15H26O2/c1-2-6-13-7-5-10-15(16,11-9-13)14-8-3-4-12-17-14/h8,13,16H,2-7,9-12H2,1H3. The third kappa shape index (κ3) is 3.25. The van der Waals surface area contributed by atoms with Crippen molar-refractivity contribution in [1.82, 2.24) is 0 Å². The van der Waals surface area contributed by atoms with Crippen molar-refractivity contribution < 1.29 is 9.84 Å². The highest BCUT2D eigenvalue weighted by molar-refractivity contribution is 5.12.